The molecule has 0 radical (unpaired) electrons. The molecule has 12 heteroatoms. The number of aromatic amines is 1. The summed E-state index contributed by atoms with van der Waals surface area (Å²) in [5, 5.41) is 6.45. The summed E-state index contributed by atoms with van der Waals surface area (Å²) < 4.78 is 29.7. The number of alkyl carbamates (subject to hydrolysis) is 1. The normalized spacial score (nSPS) is 21.4. The van der Waals surface area contributed by atoms with Crippen molar-refractivity contribution in [1.29, 1.82) is 0 Å². The molecule has 0 bridgehead atoms. The summed E-state index contributed by atoms with van der Waals surface area (Å²) >= 11 is 0. The van der Waals surface area contributed by atoms with E-state index in [4.69, 9.17) is 14.2 Å². The first kappa shape index (κ1) is 36.8. The molecule has 3 aromatic rings. The van der Waals surface area contributed by atoms with Crippen LogP contribution in [0.25, 0.3) is 10.9 Å². The maximum atomic E-state index is 14.1. The van der Waals surface area contributed by atoms with Gasteiger partial charge in [0, 0.05) is 55.1 Å². The zero-order chi connectivity index (χ0) is 35.8. The van der Waals surface area contributed by atoms with Crippen LogP contribution in [0.15, 0.2) is 54.6 Å². The topological polar surface area (TPSA) is 139 Å². The van der Waals surface area contributed by atoms with E-state index in [0.717, 1.165) is 16.5 Å². The Morgan fingerprint density at radius 1 is 0.980 bits per heavy atom. The van der Waals surface area contributed by atoms with Gasteiger partial charge in [0.1, 0.15) is 24.0 Å². The van der Waals surface area contributed by atoms with E-state index in [1.807, 2.05) is 30.3 Å². The van der Waals surface area contributed by atoms with E-state index in [-0.39, 0.29) is 36.2 Å². The molecular formula is C38H49FN4O7. The standard InChI is InChI=1S/C38H49FN4O7/c1-38(2,3)50-37(47)42-32(23-39)25-11-13-26(14-12-25)35(45)43-18-17-29(24-9-6-5-7-10-24)33(43)34(44)40-28-15-16-30-27(21-28)22-31(41-30)36(46)49-20-8-19-48-4/h5-7,9-10,15-16,21-22,25-26,29,32-33,41H,8,11-14,17-20,23H2,1-4H3,(H,40,44)(H,42,47)/t25-,26-,29-,32?,33+/m1/s1. The van der Waals surface area contributed by atoms with Gasteiger partial charge >= 0.3 is 12.1 Å². The molecule has 2 aliphatic rings. The van der Waals surface area contributed by atoms with E-state index in [1.54, 1.807) is 57.0 Å². The number of nitrogens with zero attached hydrogens (tertiary/aromatic N) is 1. The molecule has 5 rings (SSSR count). The number of esters is 1. The first-order valence-corrected chi connectivity index (χ1v) is 17.5. The molecule has 3 atom stereocenters. The number of rotatable bonds is 12. The van der Waals surface area contributed by atoms with Crippen LogP contribution in [0.1, 0.15) is 81.3 Å². The zero-order valence-electron chi connectivity index (χ0n) is 29.3. The second-order valence-corrected chi connectivity index (χ2v) is 14.3. The molecule has 2 fully saturated rings. The Bertz CT molecular complexity index is 1630. The smallest absolute Gasteiger partial charge is 0.407 e. The van der Waals surface area contributed by atoms with Gasteiger partial charge in [-0.1, -0.05) is 30.3 Å². The number of carbonyl (C=O) groups excluding carboxylic acids is 4. The molecule has 2 heterocycles. The first-order chi connectivity index (χ1) is 24.0. The van der Waals surface area contributed by atoms with E-state index >= 15 is 0 Å². The van der Waals surface area contributed by atoms with Gasteiger partial charge in [-0.05, 0) is 88.6 Å². The highest BCUT2D eigenvalue weighted by Crippen LogP contribution is 2.39. The number of benzene rings is 2. The number of carbonyl (C=O) groups is 4. The van der Waals surface area contributed by atoms with Crippen molar-refractivity contribution < 1.29 is 37.8 Å². The summed E-state index contributed by atoms with van der Waals surface area (Å²) in [4.78, 5) is 57.9. The van der Waals surface area contributed by atoms with Gasteiger partial charge in [-0.3, -0.25) is 9.59 Å². The minimum absolute atomic E-state index is 0.0753. The van der Waals surface area contributed by atoms with E-state index in [1.165, 1.54) is 0 Å². The summed E-state index contributed by atoms with van der Waals surface area (Å²) in [6.45, 7) is 5.73. The molecule has 2 aromatic carbocycles. The third-order valence-electron chi connectivity index (χ3n) is 9.57. The zero-order valence-corrected chi connectivity index (χ0v) is 29.3. The summed E-state index contributed by atoms with van der Waals surface area (Å²) in [5.74, 6) is -1.45. The number of hydrogen-bond donors (Lipinski definition) is 3. The average molecular weight is 693 g/mol. The number of fused-ring (bicyclic) bond motifs is 1. The number of aromatic nitrogens is 1. The van der Waals surface area contributed by atoms with Crippen molar-refractivity contribution >= 4 is 40.5 Å². The van der Waals surface area contributed by atoms with Crippen LogP contribution < -0.4 is 10.6 Å². The predicted molar refractivity (Wildman–Crippen MR) is 188 cm³/mol. The molecule has 1 saturated heterocycles. The van der Waals surface area contributed by atoms with Gasteiger partial charge in [-0.2, -0.15) is 0 Å². The summed E-state index contributed by atoms with van der Waals surface area (Å²) in [6, 6.07) is 15.4. The fraction of sp³-hybridized carbons (Fsp3) is 0.526. The second-order valence-electron chi connectivity index (χ2n) is 14.3. The minimum atomic E-state index is -0.727. The Balaban J connectivity index is 1.27. The Morgan fingerprint density at radius 2 is 1.72 bits per heavy atom. The van der Waals surface area contributed by atoms with Crippen molar-refractivity contribution in [1.82, 2.24) is 15.2 Å². The fourth-order valence-corrected chi connectivity index (χ4v) is 7.14. The van der Waals surface area contributed by atoms with Gasteiger partial charge < -0.3 is 34.7 Å². The minimum Gasteiger partial charge on any atom is -0.461 e. The van der Waals surface area contributed by atoms with Crippen LogP contribution in [0.5, 0.6) is 0 Å². The number of likely N-dealkylation sites (tertiary alicyclic amines) is 1. The van der Waals surface area contributed by atoms with Crippen LogP contribution in [0.3, 0.4) is 0 Å². The lowest BCUT2D eigenvalue weighted by molar-refractivity contribution is -0.141. The molecular weight excluding hydrogens is 643 g/mol. The molecule has 0 spiro atoms. The van der Waals surface area contributed by atoms with Gasteiger partial charge in [0.25, 0.3) is 0 Å². The van der Waals surface area contributed by atoms with Gasteiger partial charge in [-0.15, -0.1) is 0 Å². The van der Waals surface area contributed by atoms with Crippen LogP contribution in [-0.4, -0.2) is 85.0 Å². The van der Waals surface area contributed by atoms with Gasteiger partial charge in [0.2, 0.25) is 11.8 Å². The Hall–Kier alpha value is -4.45. The summed E-state index contributed by atoms with van der Waals surface area (Å²) in [6.07, 6.45) is 2.82. The van der Waals surface area contributed by atoms with E-state index in [0.29, 0.717) is 63.1 Å². The molecule has 11 nitrogen and oxygen atoms in total. The predicted octanol–water partition coefficient (Wildman–Crippen LogP) is 6.35. The molecule has 1 unspecified atom stereocenters. The molecule has 1 aromatic heterocycles. The third-order valence-corrected chi connectivity index (χ3v) is 9.57. The Kier molecular flexibility index (Phi) is 12.2. The largest absolute Gasteiger partial charge is 0.461 e. The van der Waals surface area contributed by atoms with Crippen LogP contribution in [0.4, 0.5) is 14.9 Å². The van der Waals surface area contributed by atoms with Crippen LogP contribution in [0, 0.1) is 11.8 Å². The van der Waals surface area contributed by atoms with Crippen molar-refractivity contribution in [2.45, 2.75) is 82.9 Å². The lowest BCUT2D eigenvalue weighted by Gasteiger charge is -2.36. The molecule has 1 aliphatic carbocycles. The van der Waals surface area contributed by atoms with E-state index in [2.05, 4.69) is 15.6 Å². The number of ether oxygens (including phenoxy) is 3. The molecule has 1 aliphatic heterocycles. The van der Waals surface area contributed by atoms with Crippen molar-refractivity contribution in [3.63, 3.8) is 0 Å². The van der Waals surface area contributed by atoms with Gasteiger partial charge in [-0.25, -0.2) is 14.0 Å². The quantitative estimate of drug-likeness (QED) is 0.148. The highest BCUT2D eigenvalue weighted by atomic mass is 19.1. The van der Waals surface area contributed by atoms with Crippen LogP contribution in [-0.2, 0) is 23.8 Å². The number of anilines is 1. The van der Waals surface area contributed by atoms with Gasteiger partial charge in [0.15, 0.2) is 0 Å². The highest BCUT2D eigenvalue weighted by Gasteiger charge is 2.45. The first-order valence-electron chi connectivity index (χ1n) is 17.5. The summed E-state index contributed by atoms with van der Waals surface area (Å²) in [7, 11) is 1.59. The van der Waals surface area contributed by atoms with E-state index in [9.17, 15) is 23.6 Å². The Morgan fingerprint density at radius 3 is 2.40 bits per heavy atom. The van der Waals surface area contributed by atoms with Crippen molar-refractivity contribution in [3.8, 4) is 0 Å². The van der Waals surface area contributed by atoms with E-state index < -0.39 is 36.4 Å². The second kappa shape index (κ2) is 16.5. The SMILES string of the molecule is COCCCOC(=O)c1cc2cc(NC(=O)[C@@H]3[C@@H](c4ccccc4)CCN3C(=O)[C@H]3CC[C@H](C(CF)NC(=O)OC(C)(C)C)CC3)ccc2[nH]1. The number of H-pyrrole nitrogens is 1. The highest BCUT2D eigenvalue weighted by molar-refractivity contribution is 6.01. The summed E-state index contributed by atoms with van der Waals surface area (Å²) in [5.41, 5.74) is 1.87. The number of alkyl halides is 1. The fourth-order valence-electron chi connectivity index (χ4n) is 7.14. The number of halogens is 1. The lowest BCUT2D eigenvalue weighted by Crippen LogP contribution is -2.49. The van der Waals surface area contributed by atoms with Gasteiger partial charge in [0.05, 0.1) is 12.6 Å². The number of nitrogens with one attached hydrogen (secondary N) is 3. The molecule has 3 amide bonds. The van der Waals surface area contributed by atoms with Crippen LogP contribution >= 0.6 is 0 Å². The maximum Gasteiger partial charge on any atom is 0.407 e. The number of methoxy groups -OCH3 is 1. The molecule has 3 N–H and O–H groups in total. The third kappa shape index (κ3) is 9.21. The molecule has 1 saturated carbocycles. The van der Waals surface area contributed by atoms with Crippen molar-refractivity contribution in [3.05, 3.63) is 65.9 Å². The monoisotopic (exact) mass is 692 g/mol. The Labute approximate surface area is 292 Å². The van der Waals surface area contributed by atoms with Crippen LogP contribution in [0.2, 0.25) is 0 Å². The molecule has 270 valence electrons. The maximum absolute atomic E-state index is 14.1. The number of hydrogen-bond acceptors (Lipinski definition) is 7. The van der Waals surface area contributed by atoms with Crippen molar-refractivity contribution in [2.75, 3.05) is 38.9 Å². The average Bonchev–Trinajstić information content (AvgIpc) is 3.73. The lowest BCUT2D eigenvalue weighted by atomic mass is 9.78. The molecule has 50 heavy (non-hydrogen) atoms. The number of amides is 3. The van der Waals surface area contributed by atoms with Crippen molar-refractivity contribution in [2.24, 2.45) is 11.8 Å².